The minimum absolute atomic E-state index is 0.0540. The van der Waals surface area contributed by atoms with Crippen molar-refractivity contribution in [3.05, 3.63) is 65.9 Å². The van der Waals surface area contributed by atoms with Crippen LogP contribution in [0.15, 0.2) is 54.6 Å². The minimum Gasteiger partial charge on any atom is -0.477 e. The Hall–Kier alpha value is -4.41. The van der Waals surface area contributed by atoms with Gasteiger partial charge in [0.1, 0.15) is 24.0 Å². The molecule has 11 heteroatoms. The molecule has 10 nitrogen and oxygen atoms in total. The number of amides is 3. The number of anilines is 1. The first-order chi connectivity index (χ1) is 21.4. The van der Waals surface area contributed by atoms with Gasteiger partial charge in [0.05, 0.1) is 6.04 Å². The third kappa shape index (κ3) is 7.46. The average molecular weight is 621 g/mol. The summed E-state index contributed by atoms with van der Waals surface area (Å²) in [5.74, 6) is -2.09. The van der Waals surface area contributed by atoms with Crippen molar-refractivity contribution >= 4 is 40.5 Å². The predicted molar refractivity (Wildman–Crippen MR) is 168 cm³/mol. The molecule has 3 atom stereocenters. The molecule has 0 radical (unpaired) electrons. The number of benzene rings is 2. The van der Waals surface area contributed by atoms with Crippen molar-refractivity contribution in [3.63, 3.8) is 0 Å². The molecule has 4 N–H and O–H groups in total. The summed E-state index contributed by atoms with van der Waals surface area (Å²) in [6.45, 7) is 4.96. The van der Waals surface area contributed by atoms with Gasteiger partial charge in [-0.3, -0.25) is 9.59 Å². The molecule has 0 spiro atoms. The summed E-state index contributed by atoms with van der Waals surface area (Å²) >= 11 is 0. The van der Waals surface area contributed by atoms with Gasteiger partial charge in [0.15, 0.2) is 0 Å². The van der Waals surface area contributed by atoms with Crippen molar-refractivity contribution in [1.82, 2.24) is 15.2 Å². The summed E-state index contributed by atoms with van der Waals surface area (Å²) in [6, 6.07) is 14.9. The zero-order valence-electron chi connectivity index (χ0n) is 25.8. The topological polar surface area (TPSA) is 141 Å². The molecule has 45 heavy (non-hydrogen) atoms. The zero-order chi connectivity index (χ0) is 32.3. The van der Waals surface area contributed by atoms with E-state index >= 15 is 0 Å². The minimum atomic E-state index is -1.07. The first-order valence-electron chi connectivity index (χ1n) is 15.5. The Morgan fingerprint density at radius 2 is 1.73 bits per heavy atom. The third-order valence-electron chi connectivity index (χ3n) is 8.85. The highest BCUT2D eigenvalue weighted by Gasteiger charge is 2.45. The molecule has 0 bridgehead atoms. The SMILES string of the molecule is CC(C)(C)OC(=O)N[C@H](CF)C1CCC(C(=O)N2CC[C@H](c3ccccc3)[C@@H]2C(=O)Nc2ccc3[nH]c(C(=O)O)cc3c2)CC1. The maximum Gasteiger partial charge on any atom is 0.407 e. The Bertz CT molecular complexity index is 1540. The fourth-order valence-corrected chi connectivity index (χ4v) is 6.70. The van der Waals surface area contributed by atoms with Gasteiger partial charge in [-0.2, -0.15) is 0 Å². The molecule has 2 heterocycles. The van der Waals surface area contributed by atoms with Crippen molar-refractivity contribution in [1.29, 1.82) is 0 Å². The van der Waals surface area contributed by atoms with Gasteiger partial charge in [-0.1, -0.05) is 30.3 Å². The zero-order valence-corrected chi connectivity index (χ0v) is 25.8. The quantitative estimate of drug-likeness (QED) is 0.249. The molecule has 1 aliphatic heterocycles. The summed E-state index contributed by atoms with van der Waals surface area (Å²) in [5.41, 5.74) is 1.48. The van der Waals surface area contributed by atoms with Crippen molar-refractivity contribution in [2.24, 2.45) is 11.8 Å². The second-order valence-corrected chi connectivity index (χ2v) is 13.1. The molecule has 1 aliphatic carbocycles. The Morgan fingerprint density at radius 1 is 1.02 bits per heavy atom. The number of alkyl halides is 1. The van der Waals surface area contributed by atoms with Crippen molar-refractivity contribution in [2.45, 2.75) is 76.5 Å². The first-order valence-corrected chi connectivity index (χ1v) is 15.5. The number of aromatic carboxylic acids is 1. The summed E-state index contributed by atoms with van der Waals surface area (Å²) in [6.07, 6.45) is 2.19. The summed E-state index contributed by atoms with van der Waals surface area (Å²) in [7, 11) is 0. The van der Waals surface area contributed by atoms with Crippen LogP contribution >= 0.6 is 0 Å². The lowest BCUT2D eigenvalue weighted by molar-refractivity contribution is -0.141. The molecular formula is C34H41FN4O6. The molecule has 0 unspecified atom stereocenters. The van der Waals surface area contributed by atoms with E-state index in [-0.39, 0.29) is 35.3 Å². The maximum absolute atomic E-state index is 14.0. The molecule has 1 saturated carbocycles. The van der Waals surface area contributed by atoms with Crippen LogP contribution in [-0.2, 0) is 14.3 Å². The van der Waals surface area contributed by atoms with E-state index in [0.29, 0.717) is 55.2 Å². The number of nitrogens with one attached hydrogen (secondary N) is 3. The number of hydrogen-bond acceptors (Lipinski definition) is 5. The van der Waals surface area contributed by atoms with Crippen LogP contribution in [0.25, 0.3) is 10.9 Å². The Morgan fingerprint density at radius 3 is 2.38 bits per heavy atom. The molecule has 1 aromatic heterocycles. The second kappa shape index (κ2) is 13.3. The van der Waals surface area contributed by atoms with Crippen LogP contribution in [0.2, 0.25) is 0 Å². The van der Waals surface area contributed by atoms with Gasteiger partial charge in [0.2, 0.25) is 11.8 Å². The number of H-pyrrole nitrogens is 1. The van der Waals surface area contributed by atoms with Crippen LogP contribution in [0.4, 0.5) is 14.9 Å². The number of carboxylic acids is 1. The number of carbonyl (C=O) groups is 4. The van der Waals surface area contributed by atoms with E-state index in [1.54, 1.807) is 43.9 Å². The van der Waals surface area contributed by atoms with Gasteiger partial charge >= 0.3 is 12.1 Å². The number of nitrogens with zero attached hydrogens (tertiary/aromatic N) is 1. The predicted octanol–water partition coefficient (Wildman–Crippen LogP) is 5.86. The van der Waals surface area contributed by atoms with Gasteiger partial charge in [-0.25, -0.2) is 14.0 Å². The molecule has 5 rings (SSSR count). The second-order valence-electron chi connectivity index (χ2n) is 13.1. The number of fused-ring (bicyclic) bond motifs is 1. The Balaban J connectivity index is 1.29. The Labute approximate surface area is 261 Å². The number of halogens is 1. The van der Waals surface area contributed by atoms with Crippen LogP contribution < -0.4 is 10.6 Å². The van der Waals surface area contributed by atoms with E-state index in [2.05, 4.69) is 15.6 Å². The van der Waals surface area contributed by atoms with Crippen molar-refractivity contribution in [2.75, 3.05) is 18.5 Å². The normalized spacial score (nSPS) is 22.5. The number of ether oxygens (including phenoxy) is 1. The maximum atomic E-state index is 14.0. The summed E-state index contributed by atoms with van der Waals surface area (Å²) in [4.78, 5) is 56.1. The van der Waals surface area contributed by atoms with E-state index in [9.17, 15) is 28.7 Å². The number of likely N-dealkylation sites (tertiary alicyclic amines) is 1. The lowest BCUT2D eigenvalue weighted by atomic mass is 9.78. The molecule has 2 aromatic carbocycles. The van der Waals surface area contributed by atoms with E-state index < -0.39 is 36.4 Å². The van der Waals surface area contributed by atoms with Crippen LogP contribution in [0.1, 0.15) is 74.8 Å². The van der Waals surface area contributed by atoms with Gasteiger partial charge in [-0.15, -0.1) is 0 Å². The average Bonchev–Trinajstić information content (AvgIpc) is 3.64. The van der Waals surface area contributed by atoms with Crippen molar-refractivity contribution < 1.29 is 33.4 Å². The number of hydrogen-bond donors (Lipinski definition) is 4. The Kier molecular flexibility index (Phi) is 9.45. The highest BCUT2D eigenvalue weighted by atomic mass is 19.1. The van der Waals surface area contributed by atoms with Crippen LogP contribution in [0.3, 0.4) is 0 Å². The lowest BCUT2D eigenvalue weighted by Crippen LogP contribution is -2.49. The molecule has 2 aliphatic rings. The van der Waals surface area contributed by atoms with Crippen molar-refractivity contribution in [3.8, 4) is 0 Å². The largest absolute Gasteiger partial charge is 0.477 e. The van der Waals surface area contributed by atoms with E-state index in [1.807, 2.05) is 30.3 Å². The van der Waals surface area contributed by atoms with Gasteiger partial charge in [0, 0.05) is 35.0 Å². The summed E-state index contributed by atoms with van der Waals surface area (Å²) in [5, 5.41) is 15.6. The van der Waals surface area contributed by atoms with E-state index in [1.165, 1.54) is 6.07 Å². The van der Waals surface area contributed by atoms with Gasteiger partial charge < -0.3 is 30.4 Å². The van der Waals surface area contributed by atoms with Gasteiger partial charge in [-0.05, 0) is 88.6 Å². The number of carbonyl (C=O) groups excluding carboxylic acids is 3. The van der Waals surface area contributed by atoms with Crippen LogP contribution in [0.5, 0.6) is 0 Å². The first kappa shape index (κ1) is 32.0. The number of rotatable bonds is 8. The number of aromatic amines is 1. The smallest absolute Gasteiger partial charge is 0.407 e. The molecule has 240 valence electrons. The lowest BCUT2D eigenvalue weighted by Gasteiger charge is -2.36. The van der Waals surface area contributed by atoms with E-state index in [4.69, 9.17) is 4.74 Å². The standard InChI is InChI=1S/C34H41FN4O6/c1-34(2,3)45-33(44)38-28(19-35)21-9-11-22(12-10-21)31(41)39-16-15-25(20-7-5-4-6-8-20)29(39)30(40)36-24-13-14-26-23(17-24)18-27(37-26)32(42)43/h4-8,13-14,17-18,21-22,25,28-29,37H,9-12,15-16,19H2,1-3H3,(H,36,40)(H,38,44)(H,42,43)/t21?,22?,25-,28-,29-/m1/s1. The molecule has 1 saturated heterocycles. The highest BCUT2D eigenvalue weighted by molar-refractivity contribution is 6.01. The molecule has 2 fully saturated rings. The van der Waals surface area contributed by atoms with Crippen LogP contribution in [0, 0.1) is 11.8 Å². The fraction of sp³-hybridized carbons (Fsp3) is 0.471. The van der Waals surface area contributed by atoms with Gasteiger partial charge in [0.25, 0.3) is 0 Å². The highest BCUT2D eigenvalue weighted by Crippen LogP contribution is 2.39. The fourth-order valence-electron chi connectivity index (χ4n) is 6.70. The molecule has 3 amide bonds. The number of aromatic nitrogens is 1. The molecule has 3 aromatic rings. The van der Waals surface area contributed by atoms with Crippen LogP contribution in [-0.4, -0.2) is 69.8 Å². The number of alkyl carbamates (subject to hydrolysis) is 1. The number of carboxylic acid groups (broad SMARTS) is 1. The summed E-state index contributed by atoms with van der Waals surface area (Å²) < 4.78 is 19.3. The third-order valence-corrected chi connectivity index (χ3v) is 8.85. The molecular weight excluding hydrogens is 579 g/mol. The monoisotopic (exact) mass is 620 g/mol. The van der Waals surface area contributed by atoms with E-state index in [0.717, 1.165) is 5.56 Å².